The van der Waals surface area contributed by atoms with Crippen LogP contribution in [-0.4, -0.2) is 23.1 Å². The van der Waals surface area contributed by atoms with Gasteiger partial charge in [0.1, 0.15) is 0 Å². The molecular formula is C13H18N2O3S. The van der Waals surface area contributed by atoms with E-state index >= 15 is 0 Å². The number of hydrogen-bond acceptors (Lipinski definition) is 3. The first-order valence-corrected chi connectivity index (χ1v) is 7.33. The lowest BCUT2D eigenvalue weighted by Gasteiger charge is -2.26. The Morgan fingerprint density at radius 1 is 1.26 bits per heavy atom. The molecule has 1 aliphatic carbocycles. The number of carboxylic acid groups (broad SMARTS) is 1. The first-order valence-electron chi connectivity index (χ1n) is 6.39. The van der Waals surface area contributed by atoms with Crippen LogP contribution in [0.2, 0.25) is 0 Å². The molecule has 1 heterocycles. The number of hydrogen-bond donors (Lipinski definition) is 3. The minimum atomic E-state index is -0.725. The zero-order valence-corrected chi connectivity index (χ0v) is 11.6. The molecule has 3 N–H and O–H groups in total. The van der Waals surface area contributed by atoms with Crippen LogP contribution in [0.25, 0.3) is 0 Å². The maximum absolute atomic E-state index is 11.8. The number of rotatable bonds is 3. The predicted molar refractivity (Wildman–Crippen MR) is 74.6 cm³/mol. The van der Waals surface area contributed by atoms with E-state index < -0.39 is 5.97 Å². The molecule has 1 fully saturated rings. The minimum Gasteiger partial charge on any atom is -0.481 e. The molecule has 2 amide bonds. The summed E-state index contributed by atoms with van der Waals surface area (Å²) in [5.41, 5.74) is 1.89. The van der Waals surface area contributed by atoms with Crippen molar-refractivity contribution in [3.8, 4) is 0 Å². The zero-order valence-electron chi connectivity index (χ0n) is 10.8. The lowest BCUT2D eigenvalue weighted by Crippen LogP contribution is -2.41. The van der Waals surface area contributed by atoms with Crippen LogP contribution in [0.3, 0.4) is 0 Å². The second kappa shape index (κ2) is 6.06. The fourth-order valence-corrected chi connectivity index (χ4v) is 3.10. The summed E-state index contributed by atoms with van der Waals surface area (Å²) in [4.78, 5) is 22.6. The summed E-state index contributed by atoms with van der Waals surface area (Å²) >= 11 is 1.55. The Morgan fingerprint density at radius 2 is 1.95 bits per heavy atom. The number of amides is 2. The number of carbonyl (C=O) groups excluding carboxylic acids is 1. The predicted octanol–water partition coefficient (Wildman–Crippen LogP) is 2.82. The highest BCUT2D eigenvalue weighted by molar-refractivity contribution is 7.08. The summed E-state index contributed by atoms with van der Waals surface area (Å²) in [6, 6.07) is -0.130. The van der Waals surface area contributed by atoms with Gasteiger partial charge in [0.15, 0.2) is 0 Å². The van der Waals surface area contributed by atoms with Gasteiger partial charge in [-0.15, -0.1) is 11.3 Å². The summed E-state index contributed by atoms with van der Waals surface area (Å²) in [6.07, 6.45) is 2.73. The van der Waals surface area contributed by atoms with Gasteiger partial charge in [0.25, 0.3) is 0 Å². The third-order valence-electron chi connectivity index (χ3n) is 3.52. The van der Waals surface area contributed by atoms with Gasteiger partial charge in [0.05, 0.1) is 11.6 Å². The van der Waals surface area contributed by atoms with Crippen molar-refractivity contribution in [2.24, 2.45) is 5.92 Å². The maximum atomic E-state index is 11.8. The largest absolute Gasteiger partial charge is 0.481 e. The lowest BCUT2D eigenvalue weighted by molar-refractivity contribution is -0.142. The quantitative estimate of drug-likeness (QED) is 0.797. The van der Waals surface area contributed by atoms with Crippen LogP contribution in [0.15, 0.2) is 10.8 Å². The Balaban J connectivity index is 1.78. The number of thiophene rings is 1. The van der Waals surface area contributed by atoms with Gasteiger partial charge in [0.2, 0.25) is 0 Å². The Bertz CT molecular complexity index is 464. The standard InChI is InChI=1S/C13H18N2O3S/c1-8-6-19-7-11(8)15-13(18)14-10-4-2-9(3-5-10)12(16)17/h6-7,9-10H,2-5H2,1H3,(H,16,17)(H2,14,15,18). The molecule has 0 aliphatic heterocycles. The molecule has 1 aromatic heterocycles. The molecule has 1 aliphatic rings. The molecule has 1 saturated carbocycles. The average molecular weight is 282 g/mol. The van der Waals surface area contributed by atoms with Gasteiger partial charge in [-0.25, -0.2) is 4.79 Å². The molecule has 0 aromatic carbocycles. The minimum absolute atomic E-state index is 0.0783. The molecule has 2 rings (SSSR count). The van der Waals surface area contributed by atoms with Crippen LogP contribution in [-0.2, 0) is 4.79 Å². The Hall–Kier alpha value is -1.56. The second-order valence-electron chi connectivity index (χ2n) is 4.95. The highest BCUT2D eigenvalue weighted by Crippen LogP contribution is 2.24. The monoisotopic (exact) mass is 282 g/mol. The fourth-order valence-electron chi connectivity index (χ4n) is 2.32. The first-order chi connectivity index (χ1) is 9.06. The van der Waals surface area contributed by atoms with Crippen molar-refractivity contribution >= 4 is 29.0 Å². The van der Waals surface area contributed by atoms with Crippen molar-refractivity contribution < 1.29 is 14.7 Å². The molecule has 0 spiro atoms. The van der Waals surface area contributed by atoms with Crippen molar-refractivity contribution in [3.63, 3.8) is 0 Å². The van der Waals surface area contributed by atoms with Crippen LogP contribution >= 0.6 is 11.3 Å². The summed E-state index contributed by atoms with van der Waals surface area (Å²) in [5, 5.41) is 18.5. The topological polar surface area (TPSA) is 78.4 Å². The van der Waals surface area contributed by atoms with Gasteiger partial charge in [-0.3, -0.25) is 4.79 Å². The molecule has 104 valence electrons. The van der Waals surface area contributed by atoms with E-state index in [9.17, 15) is 9.59 Å². The number of aliphatic carboxylic acids is 1. The second-order valence-corrected chi connectivity index (χ2v) is 5.70. The van der Waals surface area contributed by atoms with E-state index in [0.717, 1.165) is 24.1 Å². The van der Waals surface area contributed by atoms with E-state index in [1.165, 1.54) is 0 Å². The molecule has 6 heteroatoms. The molecule has 0 saturated heterocycles. The number of anilines is 1. The Labute approximate surface area is 116 Å². The van der Waals surface area contributed by atoms with Crippen molar-refractivity contribution in [3.05, 3.63) is 16.3 Å². The van der Waals surface area contributed by atoms with Gasteiger partial charge in [-0.2, -0.15) is 0 Å². The van der Waals surface area contributed by atoms with Crippen molar-refractivity contribution in [2.75, 3.05) is 5.32 Å². The van der Waals surface area contributed by atoms with Crippen LogP contribution in [0.5, 0.6) is 0 Å². The van der Waals surface area contributed by atoms with Crippen LogP contribution in [0.4, 0.5) is 10.5 Å². The van der Waals surface area contributed by atoms with Gasteiger partial charge in [0, 0.05) is 11.4 Å². The molecule has 0 atom stereocenters. The first kappa shape index (κ1) is 13.9. The van der Waals surface area contributed by atoms with Crippen LogP contribution < -0.4 is 10.6 Å². The van der Waals surface area contributed by atoms with Gasteiger partial charge < -0.3 is 15.7 Å². The summed E-state index contributed by atoms with van der Waals surface area (Å²) in [7, 11) is 0. The Kier molecular flexibility index (Phi) is 4.42. The summed E-state index contributed by atoms with van der Waals surface area (Å²) < 4.78 is 0. The SMILES string of the molecule is Cc1cscc1NC(=O)NC1CCC(C(=O)O)CC1. The number of aryl methyl sites for hydroxylation is 1. The van der Waals surface area contributed by atoms with Crippen molar-refractivity contribution in [1.29, 1.82) is 0 Å². The molecule has 0 unspecified atom stereocenters. The zero-order chi connectivity index (χ0) is 13.8. The van der Waals surface area contributed by atoms with E-state index in [1.807, 2.05) is 17.7 Å². The summed E-state index contributed by atoms with van der Waals surface area (Å²) in [5.74, 6) is -0.975. The van der Waals surface area contributed by atoms with E-state index in [4.69, 9.17) is 5.11 Å². The van der Waals surface area contributed by atoms with Gasteiger partial charge in [-0.05, 0) is 43.6 Å². The smallest absolute Gasteiger partial charge is 0.319 e. The maximum Gasteiger partial charge on any atom is 0.319 e. The van der Waals surface area contributed by atoms with E-state index in [2.05, 4.69) is 10.6 Å². The van der Waals surface area contributed by atoms with Crippen molar-refractivity contribution in [1.82, 2.24) is 5.32 Å². The third-order valence-corrected chi connectivity index (χ3v) is 4.38. The number of urea groups is 1. The fraction of sp³-hybridized carbons (Fsp3) is 0.538. The van der Waals surface area contributed by atoms with E-state index in [1.54, 1.807) is 11.3 Å². The van der Waals surface area contributed by atoms with E-state index in [-0.39, 0.29) is 18.0 Å². The normalized spacial score (nSPS) is 22.8. The number of nitrogens with one attached hydrogen (secondary N) is 2. The molecule has 0 radical (unpaired) electrons. The van der Waals surface area contributed by atoms with Gasteiger partial charge >= 0.3 is 12.0 Å². The number of carboxylic acids is 1. The molecule has 1 aromatic rings. The summed E-state index contributed by atoms with van der Waals surface area (Å²) in [6.45, 7) is 1.95. The Morgan fingerprint density at radius 3 is 2.47 bits per heavy atom. The van der Waals surface area contributed by atoms with Gasteiger partial charge in [-0.1, -0.05) is 0 Å². The lowest BCUT2D eigenvalue weighted by atomic mass is 9.86. The molecular weight excluding hydrogens is 264 g/mol. The molecule has 19 heavy (non-hydrogen) atoms. The highest BCUT2D eigenvalue weighted by atomic mass is 32.1. The molecule has 5 nitrogen and oxygen atoms in total. The van der Waals surface area contributed by atoms with Crippen molar-refractivity contribution in [2.45, 2.75) is 38.6 Å². The number of carbonyl (C=O) groups is 2. The molecule has 0 bridgehead atoms. The highest BCUT2D eigenvalue weighted by Gasteiger charge is 2.26. The van der Waals surface area contributed by atoms with E-state index in [0.29, 0.717) is 12.8 Å². The third kappa shape index (κ3) is 3.70. The van der Waals surface area contributed by atoms with Crippen LogP contribution in [0.1, 0.15) is 31.2 Å². The van der Waals surface area contributed by atoms with Crippen LogP contribution in [0, 0.1) is 12.8 Å². The average Bonchev–Trinajstić information content (AvgIpc) is 2.75.